The Morgan fingerprint density at radius 1 is 1.47 bits per heavy atom. The van der Waals surface area contributed by atoms with Gasteiger partial charge in [0.05, 0.1) is 12.7 Å². The van der Waals surface area contributed by atoms with Crippen LogP contribution in [-0.4, -0.2) is 11.7 Å². The number of benzene rings is 1. The molecule has 1 heterocycles. The molecule has 1 atom stereocenters. The molecule has 3 heteroatoms. The molecule has 0 fully saturated rings. The van der Waals surface area contributed by atoms with Gasteiger partial charge in [0.1, 0.15) is 5.75 Å². The quantitative estimate of drug-likeness (QED) is 0.918. The highest BCUT2D eigenvalue weighted by Gasteiger charge is 2.31. The average Bonchev–Trinajstić information content (AvgIpc) is 2.74. The van der Waals surface area contributed by atoms with Crippen LogP contribution in [0.1, 0.15) is 44.4 Å². The molecule has 1 unspecified atom stereocenters. The fourth-order valence-corrected chi connectivity index (χ4v) is 2.64. The van der Waals surface area contributed by atoms with Gasteiger partial charge in [-0.3, -0.25) is 0 Å². The molecule has 0 radical (unpaired) electrons. The molecule has 1 aliphatic heterocycles. The van der Waals surface area contributed by atoms with E-state index in [-0.39, 0.29) is 5.41 Å². The summed E-state index contributed by atoms with van der Waals surface area (Å²) in [6.07, 6.45) is 1.37. The van der Waals surface area contributed by atoms with Gasteiger partial charge in [-0.2, -0.15) is 0 Å². The zero-order chi connectivity index (χ0) is 12.6. The predicted molar refractivity (Wildman–Crippen MR) is 72.4 cm³/mol. The summed E-state index contributed by atoms with van der Waals surface area (Å²) in [7, 11) is 0. The standard InChI is InChI=1S/C14H19BrO2/c1-4-14(2,3)13(16)11-8-10(15)7-9-5-6-17-12(9)11/h7-8,13,16H,4-6H2,1-3H3. The predicted octanol–water partition coefficient (Wildman–Crippen LogP) is 3.85. The number of ether oxygens (including phenoxy) is 1. The van der Waals surface area contributed by atoms with E-state index in [1.807, 2.05) is 6.07 Å². The maximum absolute atomic E-state index is 10.5. The Hall–Kier alpha value is -0.540. The van der Waals surface area contributed by atoms with Gasteiger partial charge in [0.2, 0.25) is 0 Å². The highest BCUT2D eigenvalue weighted by molar-refractivity contribution is 9.10. The number of aliphatic hydroxyl groups excluding tert-OH is 1. The molecule has 1 aliphatic rings. The number of aliphatic hydroxyl groups is 1. The first-order valence-electron chi connectivity index (χ1n) is 6.09. The Morgan fingerprint density at radius 3 is 2.82 bits per heavy atom. The lowest BCUT2D eigenvalue weighted by Gasteiger charge is -2.30. The average molecular weight is 299 g/mol. The van der Waals surface area contributed by atoms with Crippen molar-refractivity contribution in [2.45, 2.75) is 39.7 Å². The van der Waals surface area contributed by atoms with E-state index >= 15 is 0 Å². The number of rotatable bonds is 3. The van der Waals surface area contributed by atoms with E-state index < -0.39 is 6.10 Å². The van der Waals surface area contributed by atoms with E-state index in [1.165, 1.54) is 5.56 Å². The molecule has 0 saturated carbocycles. The van der Waals surface area contributed by atoms with Crippen molar-refractivity contribution in [3.8, 4) is 5.75 Å². The summed E-state index contributed by atoms with van der Waals surface area (Å²) < 4.78 is 6.68. The summed E-state index contributed by atoms with van der Waals surface area (Å²) in [6.45, 7) is 6.99. The third-order valence-corrected chi connectivity index (χ3v) is 4.18. The second kappa shape index (κ2) is 4.62. The van der Waals surface area contributed by atoms with Crippen molar-refractivity contribution in [2.75, 3.05) is 6.61 Å². The van der Waals surface area contributed by atoms with Crippen LogP contribution in [0.15, 0.2) is 16.6 Å². The molecule has 2 rings (SSSR count). The molecule has 1 aromatic carbocycles. The van der Waals surface area contributed by atoms with Gasteiger partial charge in [0.25, 0.3) is 0 Å². The molecule has 0 amide bonds. The van der Waals surface area contributed by atoms with Crippen molar-refractivity contribution in [3.63, 3.8) is 0 Å². The fraction of sp³-hybridized carbons (Fsp3) is 0.571. The third kappa shape index (κ3) is 2.36. The third-order valence-electron chi connectivity index (χ3n) is 3.72. The van der Waals surface area contributed by atoms with E-state index in [0.29, 0.717) is 0 Å². The van der Waals surface area contributed by atoms with Crippen LogP contribution in [0, 0.1) is 5.41 Å². The summed E-state index contributed by atoms with van der Waals surface area (Å²) in [6, 6.07) is 4.06. The summed E-state index contributed by atoms with van der Waals surface area (Å²) in [5.41, 5.74) is 1.97. The van der Waals surface area contributed by atoms with E-state index in [2.05, 4.69) is 42.8 Å². The van der Waals surface area contributed by atoms with Gasteiger partial charge >= 0.3 is 0 Å². The Kier molecular flexibility index (Phi) is 3.50. The normalized spacial score (nSPS) is 16.5. The molecule has 0 spiro atoms. The van der Waals surface area contributed by atoms with Crippen molar-refractivity contribution >= 4 is 15.9 Å². The highest BCUT2D eigenvalue weighted by Crippen LogP contribution is 2.44. The Labute approximate surface area is 111 Å². The van der Waals surface area contributed by atoms with Gasteiger partial charge in [0.15, 0.2) is 0 Å². The molecule has 17 heavy (non-hydrogen) atoms. The lowest BCUT2D eigenvalue weighted by Crippen LogP contribution is -2.21. The fourth-order valence-electron chi connectivity index (χ4n) is 2.12. The lowest BCUT2D eigenvalue weighted by atomic mass is 9.80. The van der Waals surface area contributed by atoms with Gasteiger partial charge < -0.3 is 9.84 Å². The number of halogens is 1. The van der Waals surface area contributed by atoms with E-state index in [1.54, 1.807) is 0 Å². The van der Waals surface area contributed by atoms with Crippen LogP contribution >= 0.6 is 15.9 Å². The minimum absolute atomic E-state index is 0.138. The van der Waals surface area contributed by atoms with Crippen LogP contribution in [-0.2, 0) is 6.42 Å². The molecule has 1 N–H and O–H groups in total. The van der Waals surface area contributed by atoms with E-state index in [0.717, 1.165) is 35.2 Å². The maximum atomic E-state index is 10.5. The first-order chi connectivity index (χ1) is 7.95. The van der Waals surface area contributed by atoms with Gasteiger partial charge in [-0.05, 0) is 29.5 Å². The Balaban J connectivity index is 2.45. The molecule has 0 aromatic heterocycles. The second-order valence-corrected chi connectivity index (χ2v) is 6.24. The van der Waals surface area contributed by atoms with Gasteiger partial charge in [-0.25, -0.2) is 0 Å². The monoisotopic (exact) mass is 298 g/mol. The maximum Gasteiger partial charge on any atom is 0.128 e. The van der Waals surface area contributed by atoms with Gasteiger partial charge in [-0.1, -0.05) is 36.7 Å². The van der Waals surface area contributed by atoms with Crippen LogP contribution in [0.3, 0.4) is 0 Å². The summed E-state index contributed by atoms with van der Waals surface area (Å²) in [4.78, 5) is 0. The molecule has 0 aliphatic carbocycles. The van der Waals surface area contributed by atoms with Crippen LogP contribution in [0.5, 0.6) is 5.75 Å². The van der Waals surface area contributed by atoms with Crippen molar-refractivity contribution in [3.05, 3.63) is 27.7 Å². The Bertz CT molecular complexity index is 426. The largest absolute Gasteiger partial charge is 0.493 e. The Morgan fingerprint density at radius 2 is 2.18 bits per heavy atom. The summed E-state index contributed by atoms with van der Waals surface area (Å²) in [5.74, 6) is 0.891. The summed E-state index contributed by atoms with van der Waals surface area (Å²) >= 11 is 3.51. The molecule has 0 bridgehead atoms. The van der Waals surface area contributed by atoms with E-state index in [4.69, 9.17) is 4.74 Å². The molecular weight excluding hydrogens is 280 g/mol. The number of fused-ring (bicyclic) bond motifs is 1. The molecular formula is C14H19BrO2. The van der Waals surface area contributed by atoms with E-state index in [9.17, 15) is 5.11 Å². The molecule has 0 saturated heterocycles. The van der Waals surface area contributed by atoms with Crippen molar-refractivity contribution in [1.29, 1.82) is 0 Å². The van der Waals surface area contributed by atoms with Gasteiger partial charge in [0, 0.05) is 16.5 Å². The summed E-state index contributed by atoms with van der Waals surface area (Å²) in [5, 5.41) is 10.5. The highest BCUT2D eigenvalue weighted by atomic mass is 79.9. The zero-order valence-corrected chi connectivity index (χ0v) is 12.2. The van der Waals surface area contributed by atoms with Crippen molar-refractivity contribution in [2.24, 2.45) is 5.41 Å². The molecule has 1 aromatic rings. The second-order valence-electron chi connectivity index (χ2n) is 5.33. The molecule has 94 valence electrons. The SMILES string of the molecule is CCC(C)(C)C(O)c1cc(Br)cc2c1OCC2. The zero-order valence-electron chi connectivity index (χ0n) is 10.6. The van der Waals surface area contributed by atoms with Crippen molar-refractivity contribution in [1.82, 2.24) is 0 Å². The van der Waals surface area contributed by atoms with Crippen LogP contribution in [0.4, 0.5) is 0 Å². The number of hydrogen-bond donors (Lipinski definition) is 1. The topological polar surface area (TPSA) is 29.5 Å². The minimum atomic E-state index is -0.489. The van der Waals surface area contributed by atoms with Crippen LogP contribution < -0.4 is 4.74 Å². The van der Waals surface area contributed by atoms with Gasteiger partial charge in [-0.15, -0.1) is 0 Å². The van der Waals surface area contributed by atoms with Crippen LogP contribution in [0.25, 0.3) is 0 Å². The van der Waals surface area contributed by atoms with Crippen LogP contribution in [0.2, 0.25) is 0 Å². The smallest absolute Gasteiger partial charge is 0.128 e. The number of hydrogen-bond acceptors (Lipinski definition) is 2. The van der Waals surface area contributed by atoms with Crippen molar-refractivity contribution < 1.29 is 9.84 Å². The lowest BCUT2D eigenvalue weighted by molar-refractivity contribution is 0.0444. The molecule has 2 nitrogen and oxygen atoms in total. The first-order valence-corrected chi connectivity index (χ1v) is 6.88. The minimum Gasteiger partial charge on any atom is -0.493 e. The first kappa shape index (κ1) is 12.9.